The van der Waals surface area contributed by atoms with E-state index in [0.29, 0.717) is 16.9 Å². The van der Waals surface area contributed by atoms with Gasteiger partial charge in [0.1, 0.15) is 7.85 Å². The minimum atomic E-state index is -1.23. The van der Waals surface area contributed by atoms with E-state index in [1.165, 1.54) is 7.85 Å². The highest BCUT2D eigenvalue weighted by atomic mass is 32.1. The normalized spacial score (nSPS) is 12.2. The van der Waals surface area contributed by atoms with E-state index in [2.05, 4.69) is 16.7 Å². The molecule has 19 heteroatoms. The molecule has 65 heavy (non-hydrogen) atoms. The Morgan fingerprint density at radius 3 is 1.63 bits per heavy atom. The minimum Gasteiger partial charge on any atom is -0.505 e. The summed E-state index contributed by atoms with van der Waals surface area (Å²) in [5.41, 5.74) is 1.87. The molecule has 0 saturated heterocycles. The third-order valence-electron chi connectivity index (χ3n) is 11.1. The minimum absolute atomic E-state index is 0.0254. The van der Waals surface area contributed by atoms with Crippen LogP contribution in [0.25, 0.3) is 64.4 Å². The second kappa shape index (κ2) is 15.1. The van der Waals surface area contributed by atoms with Gasteiger partial charge in [-0.05, 0) is 46.1 Å². The number of nitrogens with zero attached hydrogens (tertiary/aromatic N) is 3. The average Bonchev–Trinajstić information content (AvgIpc) is 3.92. The summed E-state index contributed by atoms with van der Waals surface area (Å²) >= 11 is 0.690. The van der Waals surface area contributed by atoms with E-state index in [4.69, 9.17) is 9.41 Å². The molecule has 7 aromatic carbocycles. The van der Waals surface area contributed by atoms with Crippen LogP contribution in [0.1, 0.15) is 16.7 Å². The summed E-state index contributed by atoms with van der Waals surface area (Å²) in [7, 11) is 1.37. The van der Waals surface area contributed by atoms with Crippen LogP contribution in [0.5, 0.6) is 74.7 Å². The number of thiophene rings is 1. The van der Waals surface area contributed by atoms with Crippen LogP contribution in [-0.4, -0.2) is 92.6 Å². The van der Waals surface area contributed by atoms with Gasteiger partial charge in [0.25, 0.3) is 0 Å². The van der Waals surface area contributed by atoms with Crippen molar-refractivity contribution in [1.82, 2.24) is 0 Å². The van der Waals surface area contributed by atoms with Gasteiger partial charge < -0.3 is 70.8 Å². The summed E-state index contributed by atoms with van der Waals surface area (Å²) in [6.45, 7) is 3.32. The lowest BCUT2D eigenvalue weighted by atomic mass is 9.87. The van der Waals surface area contributed by atoms with Crippen molar-refractivity contribution in [2.45, 2.75) is 6.54 Å². The maximum atomic E-state index is 11.8. The molecule has 0 aliphatic heterocycles. The van der Waals surface area contributed by atoms with Gasteiger partial charge in [0, 0.05) is 10.8 Å². The first-order chi connectivity index (χ1) is 31.0. The lowest BCUT2D eigenvalue weighted by molar-refractivity contribution is 0.347. The van der Waals surface area contributed by atoms with Gasteiger partial charge in [-0.15, -0.1) is 11.3 Å². The topological polar surface area (TPSA) is 313 Å². The molecule has 2 aromatic heterocycles. The third-order valence-corrected chi connectivity index (χ3v) is 12.3. The van der Waals surface area contributed by atoms with Crippen molar-refractivity contribution in [2.75, 3.05) is 0 Å². The first-order valence-electron chi connectivity index (χ1n) is 19.2. The fourth-order valence-electron chi connectivity index (χ4n) is 7.81. The fraction of sp³-hybridized carbons (Fsp3) is 0.0217. The van der Waals surface area contributed by atoms with Gasteiger partial charge in [-0.25, -0.2) is 9.98 Å². The van der Waals surface area contributed by atoms with Crippen LogP contribution in [0.4, 0.5) is 0 Å². The van der Waals surface area contributed by atoms with Gasteiger partial charge in [0.15, 0.2) is 57.3 Å². The molecule has 17 nitrogen and oxygen atoms in total. The molecule has 13 N–H and O–H groups in total. The summed E-state index contributed by atoms with van der Waals surface area (Å²) < 4.78 is 5.32. The molecule has 0 amide bonds. The monoisotopic (exact) mass is 893 g/mol. The summed E-state index contributed by atoms with van der Waals surface area (Å²) in [6, 6.07) is 25.0. The van der Waals surface area contributed by atoms with E-state index in [-0.39, 0.29) is 37.7 Å². The molecular formula is C46H32BN3O14S. The Morgan fingerprint density at radius 2 is 1.00 bits per heavy atom. The maximum absolute atomic E-state index is 11.8. The van der Waals surface area contributed by atoms with Gasteiger partial charge in [0.2, 0.25) is 40.2 Å². The molecule has 0 unspecified atom stereocenters. The third kappa shape index (κ3) is 6.20. The summed E-state index contributed by atoms with van der Waals surface area (Å²) in [4.78, 5) is 13.2. The number of phenols is 13. The van der Waals surface area contributed by atoms with Crippen LogP contribution in [0.3, 0.4) is 0 Å². The zero-order valence-electron chi connectivity index (χ0n) is 33.4. The number of rotatable bonds is 6. The van der Waals surface area contributed by atoms with Crippen LogP contribution >= 0.6 is 11.3 Å². The van der Waals surface area contributed by atoms with Gasteiger partial charge in [-0.1, -0.05) is 72.8 Å². The first kappa shape index (κ1) is 41.4. The predicted molar refractivity (Wildman–Crippen MR) is 247 cm³/mol. The SMILES string of the molecule is Bc1c(O)c(O)c(C(=N/Cc2ccc(-c3cccc(-c4ccccc4)c3)cc2)/N=C(\N=C)c2c(O)c(O)c(O)c3oc4c(O)c(O)c(O)c(O)c4c23)c2sc3c(O)c(O)c(O)c(O)c3c12. The Kier molecular flexibility index (Phi) is 9.64. The zero-order valence-corrected chi connectivity index (χ0v) is 34.2. The van der Waals surface area contributed by atoms with Crippen molar-refractivity contribution in [3.8, 4) is 97.0 Å². The number of furan rings is 1. The van der Waals surface area contributed by atoms with Crippen molar-refractivity contribution >= 4 is 85.1 Å². The second-order valence-electron chi connectivity index (χ2n) is 14.8. The maximum Gasteiger partial charge on any atom is 0.208 e. The van der Waals surface area contributed by atoms with E-state index in [1.807, 2.05) is 66.7 Å². The number of hydrogen-bond donors (Lipinski definition) is 13. The number of benzene rings is 7. The molecule has 0 spiro atoms. The molecular weight excluding hydrogens is 861 g/mol. The first-order valence-corrected chi connectivity index (χ1v) is 20.0. The van der Waals surface area contributed by atoms with Crippen LogP contribution in [0.15, 0.2) is 98.3 Å². The van der Waals surface area contributed by atoms with Gasteiger partial charge in [-0.2, -0.15) is 0 Å². The molecule has 324 valence electrons. The van der Waals surface area contributed by atoms with Gasteiger partial charge in [-0.3, -0.25) is 4.99 Å². The van der Waals surface area contributed by atoms with E-state index in [0.717, 1.165) is 22.3 Å². The smallest absolute Gasteiger partial charge is 0.208 e. The Hall–Kier alpha value is -8.97. The van der Waals surface area contributed by atoms with Crippen LogP contribution in [-0.2, 0) is 6.54 Å². The molecule has 9 rings (SSSR count). The van der Waals surface area contributed by atoms with E-state index < -0.39 is 114 Å². The molecule has 0 saturated carbocycles. The Morgan fingerprint density at radius 1 is 0.477 bits per heavy atom. The molecule has 0 radical (unpaired) electrons. The Labute approximate surface area is 368 Å². The highest BCUT2D eigenvalue weighted by Gasteiger charge is 2.34. The number of aromatic hydroxyl groups is 13. The molecule has 0 bridgehead atoms. The van der Waals surface area contributed by atoms with E-state index in [9.17, 15) is 66.4 Å². The quantitative estimate of drug-likeness (QED) is 0.0268. The Balaban J connectivity index is 1.29. The van der Waals surface area contributed by atoms with Gasteiger partial charge >= 0.3 is 0 Å². The molecule has 0 fully saturated rings. The van der Waals surface area contributed by atoms with E-state index >= 15 is 0 Å². The number of aliphatic imine (C=N–C) groups is 3. The van der Waals surface area contributed by atoms with Crippen LogP contribution in [0.2, 0.25) is 0 Å². The molecule has 0 aliphatic carbocycles. The molecule has 0 aliphatic rings. The number of amidine groups is 2. The van der Waals surface area contributed by atoms with Crippen molar-refractivity contribution < 1.29 is 70.8 Å². The Bertz CT molecular complexity index is 3590. The number of hydrogen-bond acceptors (Lipinski definition) is 16. The van der Waals surface area contributed by atoms with Crippen molar-refractivity contribution in [1.29, 1.82) is 0 Å². The number of fused-ring (bicyclic) bond motifs is 6. The van der Waals surface area contributed by atoms with Crippen LogP contribution in [0, 0.1) is 0 Å². The molecule has 0 atom stereocenters. The lowest BCUT2D eigenvalue weighted by Crippen LogP contribution is -2.11. The summed E-state index contributed by atoms with van der Waals surface area (Å²) in [5, 5.41) is 140. The lowest BCUT2D eigenvalue weighted by Gasteiger charge is -2.14. The predicted octanol–water partition coefficient (Wildman–Crippen LogP) is 6.81. The fourth-order valence-corrected chi connectivity index (χ4v) is 9.16. The standard InChI is InChI=1S/C46H32BN3O14S/c1-48-45(25-21-23-28(51)33(56)36(59)39(62)42(23)64-41(21)38(61)35(58)30(25)53)50-46(26-31(54)32(55)27(47)22-24-29(52)34(57)37(60)40(63)44(24)65-43(22)26)49-15-16-10-12-18(13-11-16)20-9-5-8-19(14-20)17-6-3-2-4-7-17/h2-14,51-63H,1,15,47H2/b49-46-,50-45-. The van der Waals surface area contributed by atoms with Gasteiger partial charge in [0.05, 0.1) is 37.8 Å². The second-order valence-corrected chi connectivity index (χ2v) is 15.8. The highest BCUT2D eigenvalue weighted by molar-refractivity contribution is 7.27. The van der Waals surface area contributed by atoms with E-state index in [1.54, 1.807) is 12.1 Å². The number of phenolic OH excluding ortho intramolecular Hbond substituents is 13. The molecule has 9 aromatic rings. The molecule has 2 heterocycles. The summed E-state index contributed by atoms with van der Waals surface area (Å²) in [6.07, 6.45) is 0. The van der Waals surface area contributed by atoms with Crippen LogP contribution < -0.4 is 5.46 Å². The highest BCUT2D eigenvalue weighted by Crippen LogP contribution is 2.58. The van der Waals surface area contributed by atoms with Crippen molar-refractivity contribution in [3.63, 3.8) is 0 Å². The van der Waals surface area contributed by atoms with Crippen molar-refractivity contribution in [2.24, 2.45) is 15.0 Å². The summed E-state index contributed by atoms with van der Waals surface area (Å²) in [5.74, 6) is -14.7. The largest absolute Gasteiger partial charge is 0.505 e. The zero-order chi connectivity index (χ0) is 46.3. The van der Waals surface area contributed by atoms with Crippen molar-refractivity contribution in [3.05, 3.63) is 95.6 Å². The average molecular weight is 894 g/mol.